The van der Waals surface area contributed by atoms with Crippen LogP contribution in [0.15, 0.2) is 81.4 Å². The highest BCUT2D eigenvalue weighted by Crippen LogP contribution is 2.35. The summed E-state index contributed by atoms with van der Waals surface area (Å²) in [6.07, 6.45) is 16.3. The van der Waals surface area contributed by atoms with Gasteiger partial charge in [0.15, 0.2) is 0 Å². The van der Waals surface area contributed by atoms with Gasteiger partial charge in [-0.05, 0) is 61.6 Å². The maximum atomic E-state index is 4.93. The van der Waals surface area contributed by atoms with Crippen LogP contribution in [0, 0.1) is 0 Å². The Morgan fingerprint density at radius 1 is 1.25 bits per heavy atom. The van der Waals surface area contributed by atoms with E-state index in [-0.39, 0.29) is 0 Å². The highest BCUT2D eigenvalue weighted by atomic mass is 15.3. The molecular weight excluding hydrogens is 346 g/mol. The van der Waals surface area contributed by atoms with Crippen molar-refractivity contribution in [2.24, 2.45) is 9.98 Å². The molecule has 3 aliphatic heterocycles. The summed E-state index contributed by atoms with van der Waals surface area (Å²) in [6, 6.07) is 0. The molecule has 2 fully saturated rings. The zero-order valence-corrected chi connectivity index (χ0v) is 16.9. The lowest BCUT2D eigenvalue weighted by Crippen LogP contribution is -2.44. The Bertz CT molecular complexity index is 867. The number of hydrogen-bond acceptors (Lipinski definition) is 5. The average Bonchev–Trinajstić information content (AvgIpc) is 2.70. The summed E-state index contributed by atoms with van der Waals surface area (Å²) < 4.78 is 0. The van der Waals surface area contributed by atoms with Gasteiger partial charge < -0.3 is 10.2 Å². The Labute approximate surface area is 167 Å². The minimum atomic E-state index is 0.896. The summed E-state index contributed by atoms with van der Waals surface area (Å²) in [4.78, 5) is 14.1. The van der Waals surface area contributed by atoms with E-state index >= 15 is 0 Å². The number of piperazine rings is 1. The van der Waals surface area contributed by atoms with E-state index in [4.69, 9.17) is 4.99 Å². The molecule has 0 unspecified atom stereocenters. The molecule has 3 heterocycles. The van der Waals surface area contributed by atoms with Crippen molar-refractivity contribution in [3.05, 3.63) is 71.4 Å². The zero-order valence-electron chi connectivity index (χ0n) is 16.9. The van der Waals surface area contributed by atoms with Crippen molar-refractivity contribution in [1.82, 2.24) is 15.1 Å². The quantitative estimate of drug-likeness (QED) is 0.604. The molecule has 1 aliphatic carbocycles. The molecule has 146 valence electrons. The van der Waals surface area contributed by atoms with E-state index in [0.717, 1.165) is 49.0 Å². The average molecular weight is 376 g/mol. The van der Waals surface area contributed by atoms with Crippen molar-refractivity contribution in [3.8, 4) is 0 Å². The van der Waals surface area contributed by atoms with Crippen LogP contribution in [0.1, 0.15) is 26.2 Å². The van der Waals surface area contributed by atoms with Crippen LogP contribution in [0.3, 0.4) is 0 Å². The molecule has 0 atom stereocenters. The number of amidine groups is 1. The molecular formula is C23H29N5. The van der Waals surface area contributed by atoms with E-state index < -0.39 is 0 Å². The van der Waals surface area contributed by atoms with Crippen molar-refractivity contribution >= 4 is 11.5 Å². The third kappa shape index (κ3) is 3.67. The Hall–Kier alpha value is -2.66. The minimum absolute atomic E-state index is 0.896. The van der Waals surface area contributed by atoms with E-state index in [1.54, 1.807) is 0 Å². The van der Waals surface area contributed by atoms with Crippen LogP contribution in [0.2, 0.25) is 0 Å². The first-order valence-corrected chi connectivity index (χ1v) is 10.1. The van der Waals surface area contributed by atoms with Crippen LogP contribution in [-0.4, -0.2) is 54.6 Å². The van der Waals surface area contributed by atoms with E-state index in [2.05, 4.69) is 57.2 Å². The SMILES string of the molecule is C=C/C(C)=C/C(=NC)C1=CC(=C2CCC2)N2C=C(N3CCNCC3)C=CC2=N1. The number of rotatable bonds is 4. The smallest absolute Gasteiger partial charge is 0.137 e. The van der Waals surface area contributed by atoms with Crippen LogP contribution in [0.5, 0.6) is 0 Å². The molecule has 5 nitrogen and oxygen atoms in total. The number of nitrogens with one attached hydrogen (secondary N) is 1. The molecule has 1 saturated carbocycles. The minimum Gasteiger partial charge on any atom is -0.368 e. The predicted molar refractivity (Wildman–Crippen MR) is 117 cm³/mol. The molecule has 1 saturated heterocycles. The van der Waals surface area contributed by atoms with Crippen molar-refractivity contribution in [2.75, 3.05) is 33.2 Å². The molecule has 5 heteroatoms. The van der Waals surface area contributed by atoms with Crippen LogP contribution < -0.4 is 5.32 Å². The highest BCUT2D eigenvalue weighted by Gasteiger charge is 2.27. The molecule has 1 N–H and O–H groups in total. The molecule has 0 bridgehead atoms. The number of allylic oxidation sites excluding steroid dienone is 6. The molecule has 0 radical (unpaired) electrons. The van der Waals surface area contributed by atoms with Gasteiger partial charge in [0.2, 0.25) is 0 Å². The van der Waals surface area contributed by atoms with E-state index in [9.17, 15) is 0 Å². The van der Waals surface area contributed by atoms with E-state index in [1.165, 1.54) is 36.2 Å². The first-order valence-electron chi connectivity index (χ1n) is 10.1. The van der Waals surface area contributed by atoms with Gasteiger partial charge in [0, 0.05) is 45.1 Å². The summed E-state index contributed by atoms with van der Waals surface area (Å²) in [7, 11) is 1.82. The number of hydrogen-bond donors (Lipinski definition) is 1. The number of fused-ring (bicyclic) bond motifs is 1. The van der Waals surface area contributed by atoms with Crippen LogP contribution in [-0.2, 0) is 0 Å². The van der Waals surface area contributed by atoms with Gasteiger partial charge in [0.1, 0.15) is 5.84 Å². The molecule has 4 aliphatic rings. The highest BCUT2D eigenvalue weighted by molar-refractivity contribution is 6.12. The molecule has 0 aromatic carbocycles. The monoisotopic (exact) mass is 375 g/mol. The van der Waals surface area contributed by atoms with Gasteiger partial charge in [-0.1, -0.05) is 12.7 Å². The lowest BCUT2D eigenvalue weighted by molar-refractivity contribution is 0.303. The molecule has 28 heavy (non-hydrogen) atoms. The molecule has 4 rings (SSSR count). The fraction of sp³-hybridized carbons (Fsp3) is 0.391. The Balaban J connectivity index is 1.70. The second-order valence-corrected chi connectivity index (χ2v) is 7.54. The van der Waals surface area contributed by atoms with Crippen LogP contribution in [0.25, 0.3) is 0 Å². The Morgan fingerprint density at radius 2 is 2.04 bits per heavy atom. The van der Waals surface area contributed by atoms with Crippen LogP contribution >= 0.6 is 0 Å². The molecule has 0 amide bonds. The van der Waals surface area contributed by atoms with Gasteiger partial charge in [-0.3, -0.25) is 9.89 Å². The lowest BCUT2D eigenvalue weighted by atomic mass is 9.89. The Kier molecular flexibility index (Phi) is 5.44. The number of aliphatic imine (C=N–C) groups is 2. The maximum absolute atomic E-state index is 4.93. The van der Waals surface area contributed by atoms with Crippen molar-refractivity contribution < 1.29 is 0 Å². The van der Waals surface area contributed by atoms with Crippen molar-refractivity contribution in [1.29, 1.82) is 0 Å². The fourth-order valence-corrected chi connectivity index (χ4v) is 3.77. The first-order chi connectivity index (χ1) is 13.7. The Morgan fingerprint density at radius 3 is 2.68 bits per heavy atom. The maximum Gasteiger partial charge on any atom is 0.137 e. The predicted octanol–water partition coefficient (Wildman–Crippen LogP) is 3.54. The van der Waals surface area contributed by atoms with Gasteiger partial charge in [-0.25, -0.2) is 4.99 Å². The third-order valence-electron chi connectivity index (χ3n) is 5.67. The standard InChI is InChI=1S/C23H29N5/c1-4-17(2)14-20(24-3)21-15-22(18-6-5-7-18)28-16-19(8-9-23(28)26-21)27-12-10-25-11-13-27/h4,8-9,14-16,25H,1,5-7,10-13H2,2-3H3/b17-14+,24-20?. The van der Waals surface area contributed by atoms with Crippen molar-refractivity contribution in [3.63, 3.8) is 0 Å². The summed E-state index contributed by atoms with van der Waals surface area (Å²) in [5, 5.41) is 3.43. The van der Waals surface area contributed by atoms with Crippen molar-refractivity contribution in [2.45, 2.75) is 26.2 Å². The topological polar surface area (TPSA) is 43.2 Å². The van der Waals surface area contributed by atoms with Gasteiger partial charge in [-0.15, -0.1) is 0 Å². The molecule has 0 spiro atoms. The van der Waals surface area contributed by atoms with Gasteiger partial charge in [0.25, 0.3) is 0 Å². The van der Waals surface area contributed by atoms with Gasteiger partial charge in [-0.2, -0.15) is 0 Å². The summed E-state index contributed by atoms with van der Waals surface area (Å²) in [5.41, 5.74) is 6.95. The third-order valence-corrected chi connectivity index (χ3v) is 5.67. The second kappa shape index (κ2) is 8.15. The van der Waals surface area contributed by atoms with E-state index in [0.29, 0.717) is 0 Å². The summed E-state index contributed by atoms with van der Waals surface area (Å²) in [6.45, 7) is 10.1. The fourth-order valence-electron chi connectivity index (χ4n) is 3.77. The summed E-state index contributed by atoms with van der Waals surface area (Å²) >= 11 is 0. The van der Waals surface area contributed by atoms with Gasteiger partial charge >= 0.3 is 0 Å². The molecule has 0 aromatic heterocycles. The van der Waals surface area contributed by atoms with Gasteiger partial charge in [0.05, 0.1) is 17.1 Å². The molecule has 0 aromatic rings. The largest absolute Gasteiger partial charge is 0.368 e. The zero-order chi connectivity index (χ0) is 19.5. The van der Waals surface area contributed by atoms with Crippen LogP contribution in [0.4, 0.5) is 0 Å². The summed E-state index contributed by atoms with van der Waals surface area (Å²) in [5.74, 6) is 0.969. The second-order valence-electron chi connectivity index (χ2n) is 7.54. The van der Waals surface area contributed by atoms with E-state index in [1.807, 2.05) is 20.0 Å². The first kappa shape index (κ1) is 18.7. The normalized spacial score (nSPS) is 23.0. The lowest BCUT2D eigenvalue weighted by Gasteiger charge is -2.37. The number of nitrogens with zero attached hydrogens (tertiary/aromatic N) is 4.